The molecule has 1 saturated heterocycles. The Bertz CT molecular complexity index is 245. The maximum Gasteiger partial charge on any atom is 0.234 e. The van der Waals surface area contributed by atoms with Crippen molar-refractivity contribution < 1.29 is 8.42 Å². The van der Waals surface area contributed by atoms with Gasteiger partial charge in [0, 0.05) is 12.7 Å². The summed E-state index contributed by atoms with van der Waals surface area (Å²) in [6.07, 6.45) is 2.16. The Labute approximate surface area is 67.8 Å². The lowest BCUT2D eigenvalue weighted by Crippen LogP contribution is -2.37. The van der Waals surface area contributed by atoms with Crippen molar-refractivity contribution >= 4 is 10.0 Å². The van der Waals surface area contributed by atoms with Crippen LogP contribution in [0.5, 0.6) is 0 Å². The molecule has 0 radical (unpaired) electrons. The molecular weight excluding hydrogens is 162 g/mol. The second-order valence-electron chi connectivity index (χ2n) is 2.96. The number of hydrogen-bond donors (Lipinski definition) is 0. The first-order chi connectivity index (χ1) is 5.06. The van der Waals surface area contributed by atoms with Crippen LogP contribution in [-0.2, 0) is 10.0 Å². The van der Waals surface area contributed by atoms with Crippen LogP contribution in [0.25, 0.3) is 0 Å². The third kappa shape index (κ3) is 1.74. The Balaban J connectivity index is 2.80. The molecule has 0 aliphatic carbocycles. The fraction of sp³-hybridized carbons (Fsp3) is 0.714. The zero-order valence-electron chi connectivity index (χ0n) is 6.66. The summed E-state index contributed by atoms with van der Waals surface area (Å²) in [6, 6.07) is 0. The van der Waals surface area contributed by atoms with Gasteiger partial charge in [-0.05, 0) is 12.3 Å². The van der Waals surface area contributed by atoms with Gasteiger partial charge in [0.2, 0.25) is 10.0 Å². The molecule has 0 amide bonds. The zero-order valence-corrected chi connectivity index (χ0v) is 7.47. The van der Waals surface area contributed by atoms with Crippen molar-refractivity contribution in [3.8, 4) is 0 Å². The fourth-order valence-corrected chi connectivity index (χ4v) is 2.81. The normalized spacial score (nSPS) is 29.9. The highest BCUT2D eigenvalue weighted by molar-refractivity contribution is 7.89. The SMILES string of the molecule is C=CN1CC(C)CCS1(=O)=O. The van der Waals surface area contributed by atoms with Crippen LogP contribution in [0.2, 0.25) is 0 Å². The van der Waals surface area contributed by atoms with Crippen LogP contribution in [0.1, 0.15) is 13.3 Å². The van der Waals surface area contributed by atoms with Gasteiger partial charge in [0.1, 0.15) is 0 Å². The Kier molecular flexibility index (Phi) is 2.23. The molecule has 1 atom stereocenters. The Morgan fingerprint density at radius 3 is 2.73 bits per heavy atom. The molecule has 1 unspecified atom stereocenters. The van der Waals surface area contributed by atoms with Gasteiger partial charge in [-0.15, -0.1) is 0 Å². The average Bonchev–Trinajstić information content (AvgIpc) is 1.94. The van der Waals surface area contributed by atoms with Crippen molar-refractivity contribution in [2.75, 3.05) is 12.3 Å². The lowest BCUT2D eigenvalue weighted by molar-refractivity contribution is 0.388. The quantitative estimate of drug-likeness (QED) is 0.591. The molecule has 0 aromatic carbocycles. The summed E-state index contributed by atoms with van der Waals surface area (Å²) in [5.41, 5.74) is 0. The summed E-state index contributed by atoms with van der Waals surface area (Å²) in [5.74, 6) is 0.719. The molecule has 11 heavy (non-hydrogen) atoms. The average molecular weight is 175 g/mol. The van der Waals surface area contributed by atoms with E-state index >= 15 is 0 Å². The lowest BCUT2D eigenvalue weighted by atomic mass is 10.1. The molecule has 0 saturated carbocycles. The van der Waals surface area contributed by atoms with Crippen molar-refractivity contribution in [1.29, 1.82) is 0 Å². The van der Waals surface area contributed by atoms with E-state index in [9.17, 15) is 8.42 Å². The molecule has 1 rings (SSSR count). The molecule has 64 valence electrons. The van der Waals surface area contributed by atoms with Gasteiger partial charge in [0.15, 0.2) is 0 Å². The second-order valence-corrected chi connectivity index (χ2v) is 5.00. The van der Waals surface area contributed by atoms with E-state index in [1.807, 2.05) is 6.92 Å². The molecule has 0 aromatic rings. The molecule has 1 heterocycles. The summed E-state index contributed by atoms with van der Waals surface area (Å²) in [5, 5.41) is 0. The van der Waals surface area contributed by atoms with Crippen molar-refractivity contribution in [2.45, 2.75) is 13.3 Å². The molecular formula is C7H13NO2S. The number of rotatable bonds is 1. The maximum absolute atomic E-state index is 11.2. The number of hydrogen-bond acceptors (Lipinski definition) is 2. The van der Waals surface area contributed by atoms with Crippen molar-refractivity contribution in [3.63, 3.8) is 0 Å². The van der Waals surface area contributed by atoms with Crippen LogP contribution in [0.4, 0.5) is 0 Å². The van der Waals surface area contributed by atoms with Crippen LogP contribution in [0, 0.1) is 5.92 Å². The smallest absolute Gasteiger partial charge is 0.234 e. The topological polar surface area (TPSA) is 37.4 Å². The van der Waals surface area contributed by atoms with Crippen molar-refractivity contribution in [2.24, 2.45) is 5.92 Å². The van der Waals surface area contributed by atoms with Gasteiger partial charge in [-0.25, -0.2) is 8.42 Å². The maximum atomic E-state index is 11.2. The summed E-state index contributed by atoms with van der Waals surface area (Å²) >= 11 is 0. The van der Waals surface area contributed by atoms with E-state index in [0.29, 0.717) is 12.5 Å². The molecule has 0 N–H and O–H groups in total. The zero-order chi connectivity index (χ0) is 8.48. The summed E-state index contributed by atoms with van der Waals surface area (Å²) in [6.45, 7) is 6.10. The van der Waals surface area contributed by atoms with Gasteiger partial charge in [0.05, 0.1) is 5.75 Å². The Morgan fingerprint density at radius 2 is 2.27 bits per heavy atom. The van der Waals surface area contributed by atoms with E-state index in [1.165, 1.54) is 10.5 Å². The minimum absolute atomic E-state index is 0.264. The second kappa shape index (κ2) is 2.85. The van der Waals surface area contributed by atoms with Gasteiger partial charge in [0.25, 0.3) is 0 Å². The molecule has 0 aromatic heterocycles. The highest BCUT2D eigenvalue weighted by Crippen LogP contribution is 2.18. The largest absolute Gasteiger partial charge is 0.278 e. The van der Waals surface area contributed by atoms with Crippen LogP contribution in [0.15, 0.2) is 12.8 Å². The van der Waals surface area contributed by atoms with Crippen LogP contribution in [-0.4, -0.2) is 25.0 Å². The first-order valence-electron chi connectivity index (χ1n) is 3.68. The lowest BCUT2D eigenvalue weighted by Gasteiger charge is -2.28. The predicted octanol–water partition coefficient (Wildman–Crippen LogP) is 0.802. The fourth-order valence-electron chi connectivity index (χ4n) is 1.17. The van der Waals surface area contributed by atoms with E-state index in [2.05, 4.69) is 6.58 Å². The number of nitrogens with zero attached hydrogens (tertiary/aromatic N) is 1. The van der Waals surface area contributed by atoms with Gasteiger partial charge in [-0.1, -0.05) is 13.5 Å². The molecule has 0 bridgehead atoms. The molecule has 1 aliphatic rings. The monoisotopic (exact) mass is 175 g/mol. The van der Waals surface area contributed by atoms with Crippen LogP contribution < -0.4 is 0 Å². The molecule has 1 aliphatic heterocycles. The predicted molar refractivity (Wildman–Crippen MR) is 44.5 cm³/mol. The van der Waals surface area contributed by atoms with Crippen LogP contribution >= 0.6 is 0 Å². The van der Waals surface area contributed by atoms with Gasteiger partial charge >= 0.3 is 0 Å². The summed E-state index contributed by atoms with van der Waals surface area (Å²) in [4.78, 5) is 0. The minimum atomic E-state index is -2.99. The Morgan fingerprint density at radius 1 is 1.64 bits per heavy atom. The third-order valence-corrected chi connectivity index (χ3v) is 3.69. The van der Waals surface area contributed by atoms with Crippen molar-refractivity contribution in [1.82, 2.24) is 4.31 Å². The molecule has 0 spiro atoms. The van der Waals surface area contributed by atoms with Gasteiger partial charge in [-0.2, -0.15) is 0 Å². The van der Waals surface area contributed by atoms with E-state index in [4.69, 9.17) is 0 Å². The third-order valence-electron chi connectivity index (χ3n) is 1.92. The summed E-state index contributed by atoms with van der Waals surface area (Å²) in [7, 11) is -2.99. The van der Waals surface area contributed by atoms with E-state index in [1.54, 1.807) is 0 Å². The minimum Gasteiger partial charge on any atom is -0.278 e. The van der Waals surface area contributed by atoms with Crippen LogP contribution in [0.3, 0.4) is 0 Å². The number of sulfonamides is 1. The van der Waals surface area contributed by atoms with E-state index < -0.39 is 10.0 Å². The first kappa shape index (κ1) is 8.59. The highest BCUT2D eigenvalue weighted by atomic mass is 32.2. The highest BCUT2D eigenvalue weighted by Gasteiger charge is 2.26. The van der Waals surface area contributed by atoms with E-state index in [-0.39, 0.29) is 5.75 Å². The van der Waals surface area contributed by atoms with Gasteiger partial charge in [-0.3, -0.25) is 4.31 Å². The van der Waals surface area contributed by atoms with E-state index in [0.717, 1.165) is 6.42 Å². The molecule has 1 fully saturated rings. The molecule has 4 heteroatoms. The Hall–Kier alpha value is -0.510. The molecule has 3 nitrogen and oxygen atoms in total. The van der Waals surface area contributed by atoms with Crippen molar-refractivity contribution in [3.05, 3.63) is 12.8 Å². The van der Waals surface area contributed by atoms with Gasteiger partial charge < -0.3 is 0 Å². The first-order valence-corrected chi connectivity index (χ1v) is 5.29. The standard InChI is InChI=1S/C7H13NO2S/c1-3-8-6-7(2)4-5-11(8,9)10/h3,7H,1,4-6H2,2H3. The summed E-state index contributed by atoms with van der Waals surface area (Å²) < 4.78 is 23.8.